The molecule has 3 amide bonds. The van der Waals surface area contributed by atoms with Crippen LogP contribution in [0.25, 0.3) is 0 Å². The third-order valence-corrected chi connectivity index (χ3v) is 10.1. The van der Waals surface area contributed by atoms with Crippen LogP contribution in [0.4, 0.5) is 0 Å². The quantitative estimate of drug-likeness (QED) is 0.418. The SMILES string of the molecule is CC(=O)N1CCC(N(CC(C)C)C2CCN(C(=O)[C@@H](Cc3ccccc3C)NC(=O)C[C@@H]3NCCc4ccccc43)CC2)CC1. The number of fused-ring (bicyclic) bond motifs is 1. The van der Waals surface area contributed by atoms with Gasteiger partial charge in [-0.15, -0.1) is 0 Å². The highest BCUT2D eigenvalue weighted by Crippen LogP contribution is 2.28. The van der Waals surface area contributed by atoms with E-state index in [1.807, 2.05) is 28.0 Å². The summed E-state index contributed by atoms with van der Waals surface area (Å²) in [5.41, 5.74) is 4.69. The second kappa shape index (κ2) is 15.4. The number of likely N-dealkylation sites (tertiary alicyclic amines) is 2. The Morgan fingerprint density at radius 2 is 1.53 bits per heavy atom. The van der Waals surface area contributed by atoms with E-state index in [0.717, 1.165) is 69.4 Å². The zero-order valence-electron chi connectivity index (χ0n) is 27.8. The van der Waals surface area contributed by atoms with Crippen molar-refractivity contribution in [3.63, 3.8) is 0 Å². The van der Waals surface area contributed by atoms with Gasteiger partial charge in [-0.2, -0.15) is 0 Å². The molecular formula is C37H53N5O3. The normalized spacial score (nSPS) is 20.3. The lowest BCUT2D eigenvalue weighted by molar-refractivity contribution is -0.138. The molecule has 0 unspecified atom stereocenters. The van der Waals surface area contributed by atoms with Gasteiger partial charge in [0.05, 0.1) is 0 Å². The molecule has 2 aromatic carbocycles. The zero-order chi connectivity index (χ0) is 31.9. The fourth-order valence-electron chi connectivity index (χ4n) is 7.64. The Morgan fingerprint density at radius 3 is 2.18 bits per heavy atom. The number of carbonyl (C=O) groups is 3. The first-order valence-corrected chi connectivity index (χ1v) is 17.1. The summed E-state index contributed by atoms with van der Waals surface area (Å²) in [6, 6.07) is 16.7. The zero-order valence-corrected chi connectivity index (χ0v) is 27.8. The number of benzene rings is 2. The summed E-state index contributed by atoms with van der Waals surface area (Å²) in [6.07, 6.45) is 5.64. The molecule has 0 radical (unpaired) electrons. The second-order valence-electron chi connectivity index (χ2n) is 13.8. The van der Waals surface area contributed by atoms with Crippen molar-refractivity contribution in [2.24, 2.45) is 5.92 Å². The number of nitrogens with one attached hydrogen (secondary N) is 2. The van der Waals surface area contributed by atoms with Crippen molar-refractivity contribution in [1.29, 1.82) is 0 Å². The number of hydrogen-bond donors (Lipinski definition) is 2. The summed E-state index contributed by atoms with van der Waals surface area (Å²) >= 11 is 0. The van der Waals surface area contributed by atoms with Gasteiger partial charge in [0.25, 0.3) is 0 Å². The molecule has 0 aromatic heterocycles. The molecule has 3 aliphatic heterocycles. The van der Waals surface area contributed by atoms with Crippen LogP contribution in [-0.2, 0) is 27.2 Å². The maximum Gasteiger partial charge on any atom is 0.245 e. The summed E-state index contributed by atoms with van der Waals surface area (Å²) < 4.78 is 0. The van der Waals surface area contributed by atoms with Crippen LogP contribution in [0.3, 0.4) is 0 Å². The monoisotopic (exact) mass is 615 g/mol. The summed E-state index contributed by atoms with van der Waals surface area (Å²) in [4.78, 5) is 46.2. The maximum atomic E-state index is 14.1. The minimum atomic E-state index is -0.600. The van der Waals surface area contributed by atoms with E-state index in [1.165, 1.54) is 11.1 Å². The largest absolute Gasteiger partial charge is 0.344 e. The van der Waals surface area contributed by atoms with Crippen LogP contribution in [0.5, 0.6) is 0 Å². The standard InChI is InChI=1S/C37H53N5O3/c1-26(2)25-42(31-14-19-40(20-15-31)28(4)43)32-16-21-41(22-17-32)37(45)35(23-30-11-6-5-9-27(30)3)39-36(44)24-34-33-12-8-7-10-29(33)13-18-38-34/h5-12,26,31-32,34-35,38H,13-25H2,1-4H3,(H,39,44)/t34-,35+/m0/s1. The lowest BCUT2D eigenvalue weighted by Gasteiger charge is -2.46. The average Bonchev–Trinajstić information content (AvgIpc) is 3.04. The minimum absolute atomic E-state index is 0.0206. The predicted molar refractivity (Wildman–Crippen MR) is 179 cm³/mol. The molecule has 0 bridgehead atoms. The number of rotatable bonds is 10. The molecule has 0 spiro atoms. The molecule has 3 aliphatic rings. The third-order valence-electron chi connectivity index (χ3n) is 10.1. The van der Waals surface area contributed by atoms with E-state index in [0.29, 0.717) is 43.9 Å². The highest BCUT2D eigenvalue weighted by atomic mass is 16.2. The van der Waals surface area contributed by atoms with Crippen LogP contribution in [0, 0.1) is 12.8 Å². The summed E-state index contributed by atoms with van der Waals surface area (Å²) in [5.74, 6) is 0.649. The molecule has 2 aromatic rings. The van der Waals surface area contributed by atoms with Gasteiger partial charge >= 0.3 is 0 Å². The number of amides is 3. The predicted octanol–water partition coefficient (Wildman–Crippen LogP) is 4.26. The molecule has 45 heavy (non-hydrogen) atoms. The molecule has 3 heterocycles. The van der Waals surface area contributed by atoms with Crippen LogP contribution in [0.15, 0.2) is 48.5 Å². The smallest absolute Gasteiger partial charge is 0.245 e. The molecule has 0 saturated carbocycles. The van der Waals surface area contributed by atoms with Crippen LogP contribution in [0.1, 0.15) is 81.2 Å². The topological polar surface area (TPSA) is 85.0 Å². The van der Waals surface area contributed by atoms with E-state index in [9.17, 15) is 14.4 Å². The van der Waals surface area contributed by atoms with Crippen molar-refractivity contribution in [3.8, 4) is 0 Å². The number of piperidine rings is 2. The van der Waals surface area contributed by atoms with E-state index in [1.54, 1.807) is 6.92 Å². The van der Waals surface area contributed by atoms with Crippen molar-refractivity contribution >= 4 is 17.7 Å². The van der Waals surface area contributed by atoms with Gasteiger partial charge in [0.2, 0.25) is 17.7 Å². The van der Waals surface area contributed by atoms with Gasteiger partial charge in [-0.25, -0.2) is 0 Å². The fraction of sp³-hybridized carbons (Fsp3) is 0.595. The molecule has 2 N–H and O–H groups in total. The Hall–Kier alpha value is -3.23. The third kappa shape index (κ3) is 8.53. The van der Waals surface area contributed by atoms with Gasteiger partial charge in [-0.3, -0.25) is 19.3 Å². The first-order chi connectivity index (χ1) is 21.7. The Bertz CT molecular complexity index is 1310. The Kier molecular flexibility index (Phi) is 11.3. The van der Waals surface area contributed by atoms with Crippen LogP contribution < -0.4 is 10.6 Å². The van der Waals surface area contributed by atoms with Crippen LogP contribution >= 0.6 is 0 Å². The van der Waals surface area contributed by atoms with Gasteiger partial charge < -0.3 is 20.4 Å². The van der Waals surface area contributed by atoms with Crippen molar-refractivity contribution < 1.29 is 14.4 Å². The van der Waals surface area contributed by atoms with E-state index in [-0.39, 0.29) is 23.8 Å². The summed E-state index contributed by atoms with van der Waals surface area (Å²) in [5, 5.41) is 6.69. The average molecular weight is 616 g/mol. The summed E-state index contributed by atoms with van der Waals surface area (Å²) in [7, 11) is 0. The van der Waals surface area contributed by atoms with E-state index in [2.05, 4.69) is 66.6 Å². The number of carbonyl (C=O) groups excluding carboxylic acids is 3. The number of aryl methyl sites for hydroxylation is 1. The van der Waals surface area contributed by atoms with Gasteiger partial charge in [0.1, 0.15) is 6.04 Å². The molecule has 2 atom stereocenters. The second-order valence-corrected chi connectivity index (χ2v) is 13.8. The van der Waals surface area contributed by atoms with Crippen molar-refractivity contribution in [2.75, 3.05) is 39.3 Å². The molecule has 8 heteroatoms. The lowest BCUT2D eigenvalue weighted by atomic mass is 9.92. The Labute approximate surface area is 269 Å². The number of hydrogen-bond acceptors (Lipinski definition) is 5. The highest BCUT2D eigenvalue weighted by molar-refractivity contribution is 5.88. The first kappa shape index (κ1) is 33.1. The molecule has 2 fully saturated rings. The van der Waals surface area contributed by atoms with Gasteiger partial charge in [-0.1, -0.05) is 62.4 Å². The molecular weight excluding hydrogens is 562 g/mol. The highest BCUT2D eigenvalue weighted by Gasteiger charge is 2.35. The van der Waals surface area contributed by atoms with Gasteiger partial charge in [0.15, 0.2) is 0 Å². The van der Waals surface area contributed by atoms with Crippen molar-refractivity contribution in [2.45, 2.75) is 96.8 Å². The molecule has 2 saturated heterocycles. The van der Waals surface area contributed by atoms with E-state index < -0.39 is 6.04 Å². The lowest BCUT2D eigenvalue weighted by Crippen LogP contribution is -2.56. The molecule has 5 rings (SSSR count). The minimum Gasteiger partial charge on any atom is -0.344 e. The summed E-state index contributed by atoms with van der Waals surface area (Å²) in [6.45, 7) is 13.2. The van der Waals surface area contributed by atoms with Crippen LogP contribution in [-0.4, -0.2) is 89.8 Å². The van der Waals surface area contributed by atoms with Gasteiger partial charge in [-0.05, 0) is 73.7 Å². The van der Waals surface area contributed by atoms with Gasteiger partial charge in [0, 0.05) is 70.6 Å². The number of nitrogens with zero attached hydrogens (tertiary/aromatic N) is 3. The molecule has 244 valence electrons. The van der Waals surface area contributed by atoms with Crippen molar-refractivity contribution in [1.82, 2.24) is 25.3 Å². The fourth-order valence-corrected chi connectivity index (χ4v) is 7.64. The van der Waals surface area contributed by atoms with Crippen molar-refractivity contribution in [3.05, 3.63) is 70.8 Å². The van der Waals surface area contributed by atoms with E-state index in [4.69, 9.17) is 0 Å². The molecule has 0 aliphatic carbocycles. The maximum absolute atomic E-state index is 14.1. The van der Waals surface area contributed by atoms with Crippen LogP contribution in [0.2, 0.25) is 0 Å². The Morgan fingerprint density at radius 1 is 0.911 bits per heavy atom. The van der Waals surface area contributed by atoms with E-state index >= 15 is 0 Å². The Balaban J connectivity index is 1.24. The first-order valence-electron chi connectivity index (χ1n) is 17.1. The molecule has 8 nitrogen and oxygen atoms in total.